The first-order valence-corrected chi connectivity index (χ1v) is 15.5. The second-order valence-electron chi connectivity index (χ2n) is 14.3. The number of phenols is 2. The number of benzene rings is 1. The van der Waals surface area contributed by atoms with Crippen LogP contribution in [0.1, 0.15) is 99.5 Å². The van der Waals surface area contributed by atoms with Crippen LogP contribution in [-0.2, 0) is 14.4 Å². The standard InChI is InChI=1S/C38H50O6/c1-22(2)11-13-27(25(7)8)20-37-21-28(15-12-23(3)4)36(9,10)38(35(37)44,18-17-24(5)6)34(43)31(33(37)42)32(41)26-14-16-29(39)30(40)19-26/h12,14,16-17,19,27-28,39-41H,1,7,11,13,15,18,20-21H2,2-6,8-10H3/b32-31-/t27-,28+,37-,38+/m1/s1. The summed E-state index contributed by atoms with van der Waals surface area (Å²) in [4.78, 5) is 44.9. The molecule has 0 unspecified atom stereocenters. The van der Waals surface area contributed by atoms with E-state index >= 15 is 4.79 Å². The number of aliphatic hydroxyl groups is 1. The van der Waals surface area contributed by atoms with Crippen LogP contribution in [-0.4, -0.2) is 32.7 Å². The molecule has 0 radical (unpaired) electrons. The maximum absolute atomic E-state index is 15.2. The predicted octanol–water partition coefficient (Wildman–Crippen LogP) is 8.76. The Bertz CT molecular complexity index is 1480. The Morgan fingerprint density at radius 3 is 2.09 bits per heavy atom. The number of ketones is 3. The third-order valence-electron chi connectivity index (χ3n) is 10.1. The molecule has 2 aliphatic rings. The van der Waals surface area contributed by atoms with Crippen molar-refractivity contribution in [2.45, 2.75) is 93.9 Å². The van der Waals surface area contributed by atoms with E-state index in [1.807, 2.05) is 61.5 Å². The minimum Gasteiger partial charge on any atom is -0.506 e. The fourth-order valence-corrected chi connectivity index (χ4v) is 7.19. The summed E-state index contributed by atoms with van der Waals surface area (Å²) >= 11 is 0. The second kappa shape index (κ2) is 12.7. The molecule has 1 aromatic rings. The molecule has 2 saturated carbocycles. The summed E-state index contributed by atoms with van der Waals surface area (Å²) in [6.45, 7) is 23.8. The van der Waals surface area contributed by atoms with Gasteiger partial charge in [0.25, 0.3) is 0 Å². The first-order valence-electron chi connectivity index (χ1n) is 15.5. The number of carbonyl (C=O) groups is 3. The Kier molecular flexibility index (Phi) is 10.1. The molecule has 0 aromatic heterocycles. The molecule has 0 spiro atoms. The summed E-state index contributed by atoms with van der Waals surface area (Å²) in [6, 6.07) is 3.64. The van der Waals surface area contributed by atoms with E-state index in [0.717, 1.165) is 28.4 Å². The molecule has 238 valence electrons. The molecular weight excluding hydrogens is 552 g/mol. The van der Waals surface area contributed by atoms with Gasteiger partial charge in [-0.05, 0) is 116 Å². The molecular formula is C38H50O6. The number of carbonyl (C=O) groups excluding carboxylic acids is 3. The van der Waals surface area contributed by atoms with Crippen molar-refractivity contribution >= 4 is 23.1 Å². The number of fused-ring (bicyclic) bond motifs is 2. The van der Waals surface area contributed by atoms with Gasteiger partial charge in [0, 0.05) is 5.56 Å². The lowest BCUT2D eigenvalue weighted by atomic mass is 9.38. The topological polar surface area (TPSA) is 112 Å². The van der Waals surface area contributed by atoms with Gasteiger partial charge in [-0.15, -0.1) is 6.58 Å². The first-order chi connectivity index (χ1) is 20.3. The van der Waals surface area contributed by atoms with Gasteiger partial charge in [0.2, 0.25) is 0 Å². The molecule has 0 amide bonds. The molecule has 6 nitrogen and oxygen atoms in total. The van der Waals surface area contributed by atoms with Crippen LogP contribution in [0.15, 0.2) is 71.4 Å². The molecule has 3 rings (SSSR count). The van der Waals surface area contributed by atoms with Gasteiger partial charge in [-0.1, -0.05) is 54.9 Å². The Hall–Kier alpha value is -3.67. The molecule has 2 aliphatic carbocycles. The largest absolute Gasteiger partial charge is 0.506 e. The van der Waals surface area contributed by atoms with Crippen LogP contribution in [0.5, 0.6) is 11.5 Å². The average Bonchev–Trinajstić information content (AvgIpc) is 2.91. The van der Waals surface area contributed by atoms with Gasteiger partial charge in [0.05, 0.1) is 5.41 Å². The van der Waals surface area contributed by atoms with Crippen LogP contribution in [0.2, 0.25) is 0 Å². The lowest BCUT2D eigenvalue weighted by Gasteiger charge is -2.60. The van der Waals surface area contributed by atoms with Crippen LogP contribution in [0.25, 0.3) is 5.76 Å². The van der Waals surface area contributed by atoms with Gasteiger partial charge in [0.1, 0.15) is 16.7 Å². The van der Waals surface area contributed by atoms with E-state index in [9.17, 15) is 24.9 Å². The maximum Gasteiger partial charge on any atom is 0.184 e. The fraction of sp³-hybridized carbons (Fsp3) is 0.500. The number of allylic oxidation sites excluding steroid dienone is 7. The highest BCUT2D eigenvalue weighted by molar-refractivity contribution is 6.41. The van der Waals surface area contributed by atoms with E-state index in [2.05, 4.69) is 19.2 Å². The van der Waals surface area contributed by atoms with Crippen molar-refractivity contribution in [3.8, 4) is 11.5 Å². The Balaban J connectivity index is 2.45. The van der Waals surface area contributed by atoms with E-state index < -0.39 is 50.6 Å². The monoisotopic (exact) mass is 602 g/mol. The van der Waals surface area contributed by atoms with Gasteiger partial charge >= 0.3 is 0 Å². The zero-order valence-corrected chi connectivity index (χ0v) is 27.8. The highest BCUT2D eigenvalue weighted by Crippen LogP contribution is 2.66. The van der Waals surface area contributed by atoms with Gasteiger partial charge in [0.15, 0.2) is 28.8 Å². The minimum absolute atomic E-state index is 0.00886. The van der Waals surface area contributed by atoms with Gasteiger partial charge in [-0.2, -0.15) is 0 Å². The highest BCUT2D eigenvalue weighted by atomic mass is 16.3. The molecule has 2 fully saturated rings. The number of hydrogen-bond donors (Lipinski definition) is 3. The third-order valence-corrected chi connectivity index (χ3v) is 10.1. The summed E-state index contributed by atoms with van der Waals surface area (Å²) in [6.07, 6.45) is 6.46. The van der Waals surface area contributed by atoms with Crippen molar-refractivity contribution in [3.63, 3.8) is 0 Å². The average molecular weight is 603 g/mol. The summed E-state index contributed by atoms with van der Waals surface area (Å²) < 4.78 is 0. The first kappa shape index (κ1) is 34.8. The molecule has 3 N–H and O–H groups in total. The Morgan fingerprint density at radius 2 is 1.57 bits per heavy atom. The van der Waals surface area contributed by atoms with E-state index in [4.69, 9.17) is 0 Å². The fourth-order valence-electron chi connectivity index (χ4n) is 7.19. The summed E-state index contributed by atoms with van der Waals surface area (Å²) in [5, 5.41) is 31.7. The number of Topliss-reactive ketones (excluding diaryl/α,β-unsaturated/α-hetero) is 3. The van der Waals surface area contributed by atoms with E-state index in [0.29, 0.717) is 19.3 Å². The summed E-state index contributed by atoms with van der Waals surface area (Å²) in [5.41, 5.74) is -0.587. The van der Waals surface area contributed by atoms with Crippen LogP contribution < -0.4 is 0 Å². The molecule has 0 saturated heterocycles. The van der Waals surface area contributed by atoms with E-state index in [-0.39, 0.29) is 42.4 Å². The molecule has 44 heavy (non-hydrogen) atoms. The van der Waals surface area contributed by atoms with E-state index in [1.165, 1.54) is 12.1 Å². The number of phenolic OH excluding ortho intramolecular Hbond substituents is 2. The SMILES string of the molecule is C=C(C)CC[C@H](C[C@@]12C[C@H](CC=C(C)C)C(C)(C)[C@@](CC=C(C)C)(C(=O)/C(=C(\O)c3ccc(O)c(O)c3)C1=O)C2=O)C(=C)C. The van der Waals surface area contributed by atoms with Crippen molar-refractivity contribution in [1.82, 2.24) is 0 Å². The Morgan fingerprint density at radius 1 is 0.955 bits per heavy atom. The van der Waals surface area contributed by atoms with Crippen molar-refractivity contribution in [2.24, 2.45) is 28.1 Å². The predicted molar refractivity (Wildman–Crippen MR) is 176 cm³/mol. The minimum atomic E-state index is -1.62. The van der Waals surface area contributed by atoms with Gasteiger partial charge in [-0.3, -0.25) is 14.4 Å². The zero-order chi connectivity index (χ0) is 33.4. The molecule has 2 bridgehead atoms. The number of aliphatic hydroxyl groups excluding tert-OH is 1. The third kappa shape index (κ3) is 6.00. The summed E-state index contributed by atoms with van der Waals surface area (Å²) in [7, 11) is 0. The van der Waals surface area contributed by atoms with Crippen LogP contribution >= 0.6 is 0 Å². The second-order valence-corrected chi connectivity index (χ2v) is 14.3. The summed E-state index contributed by atoms with van der Waals surface area (Å²) in [5.74, 6) is -3.61. The quantitative estimate of drug-likeness (QED) is 0.0583. The van der Waals surface area contributed by atoms with Crippen molar-refractivity contribution < 1.29 is 29.7 Å². The van der Waals surface area contributed by atoms with Crippen molar-refractivity contribution in [3.05, 3.63) is 76.9 Å². The van der Waals surface area contributed by atoms with E-state index in [1.54, 1.807) is 0 Å². The lowest BCUT2D eigenvalue weighted by Crippen LogP contribution is -2.69. The number of rotatable bonds is 11. The maximum atomic E-state index is 15.2. The van der Waals surface area contributed by atoms with Crippen molar-refractivity contribution in [2.75, 3.05) is 0 Å². The van der Waals surface area contributed by atoms with Gasteiger partial charge in [-0.25, -0.2) is 0 Å². The molecule has 4 atom stereocenters. The van der Waals surface area contributed by atoms with Gasteiger partial charge < -0.3 is 15.3 Å². The van der Waals surface area contributed by atoms with Crippen LogP contribution in [0, 0.1) is 28.1 Å². The molecule has 0 aliphatic heterocycles. The molecule has 0 heterocycles. The van der Waals surface area contributed by atoms with Crippen LogP contribution in [0.3, 0.4) is 0 Å². The lowest BCUT2D eigenvalue weighted by molar-refractivity contribution is -0.177. The Labute approximate surface area is 263 Å². The van der Waals surface area contributed by atoms with Crippen LogP contribution in [0.4, 0.5) is 0 Å². The smallest absolute Gasteiger partial charge is 0.184 e. The molecule has 1 aromatic carbocycles. The highest BCUT2D eigenvalue weighted by Gasteiger charge is 2.74. The zero-order valence-electron chi connectivity index (χ0n) is 27.8. The van der Waals surface area contributed by atoms with Crippen molar-refractivity contribution in [1.29, 1.82) is 0 Å². The number of hydrogen-bond acceptors (Lipinski definition) is 6. The molecule has 6 heteroatoms. The number of aromatic hydroxyl groups is 2. The normalized spacial score (nSPS) is 26.1.